The topological polar surface area (TPSA) is 65.1 Å². The summed E-state index contributed by atoms with van der Waals surface area (Å²) >= 11 is 0. The molecule has 16 heavy (non-hydrogen) atoms. The van der Waals surface area contributed by atoms with E-state index in [2.05, 4.69) is 4.74 Å². The highest BCUT2D eigenvalue weighted by Crippen LogP contribution is 2.07. The van der Waals surface area contributed by atoms with Crippen LogP contribution in [0.1, 0.15) is 6.42 Å². The van der Waals surface area contributed by atoms with Gasteiger partial charge in [0, 0.05) is 13.6 Å². The van der Waals surface area contributed by atoms with Gasteiger partial charge >= 0.3 is 5.97 Å². The quantitative estimate of drug-likeness (QED) is 0.630. The molecule has 0 fully saturated rings. The van der Waals surface area contributed by atoms with Gasteiger partial charge in [-0.05, 0) is 0 Å². The number of hydrogen-bond acceptors (Lipinski definition) is 5. The van der Waals surface area contributed by atoms with Crippen molar-refractivity contribution in [2.45, 2.75) is 6.42 Å². The first-order chi connectivity index (χ1) is 7.65. The molecule has 0 aromatic rings. The zero-order chi connectivity index (χ0) is 12.0. The van der Waals surface area contributed by atoms with Crippen molar-refractivity contribution in [3.8, 4) is 0 Å². The van der Waals surface area contributed by atoms with Gasteiger partial charge in [-0.25, -0.2) is 0 Å². The van der Waals surface area contributed by atoms with Crippen LogP contribution in [0.4, 0.5) is 0 Å². The Balaban J connectivity index is 2.41. The van der Waals surface area contributed by atoms with E-state index in [0.29, 0.717) is 13.2 Å². The van der Waals surface area contributed by atoms with Gasteiger partial charge in [0.2, 0.25) is 5.76 Å². The molecule has 0 saturated carbocycles. The standard InChI is InChI=1S/C10H15NO5/c1-11(4-3-9(12)14-2)10(13)8-7-15-5-6-16-8/h7H,3-6H2,1-2H3. The Morgan fingerprint density at radius 1 is 1.50 bits per heavy atom. The van der Waals surface area contributed by atoms with E-state index in [4.69, 9.17) is 9.47 Å². The van der Waals surface area contributed by atoms with Crippen LogP contribution in [0.25, 0.3) is 0 Å². The summed E-state index contributed by atoms with van der Waals surface area (Å²) in [7, 11) is 2.90. The first kappa shape index (κ1) is 12.4. The van der Waals surface area contributed by atoms with E-state index in [9.17, 15) is 9.59 Å². The van der Waals surface area contributed by atoms with Gasteiger partial charge in [-0.3, -0.25) is 9.59 Å². The Morgan fingerprint density at radius 2 is 2.25 bits per heavy atom. The average Bonchev–Trinajstić information content (AvgIpc) is 2.35. The number of esters is 1. The number of nitrogens with zero attached hydrogens (tertiary/aromatic N) is 1. The van der Waals surface area contributed by atoms with Gasteiger partial charge in [-0.1, -0.05) is 0 Å². The molecule has 0 saturated heterocycles. The predicted molar refractivity (Wildman–Crippen MR) is 54.3 cm³/mol. The lowest BCUT2D eigenvalue weighted by Gasteiger charge is -2.20. The van der Waals surface area contributed by atoms with Gasteiger partial charge in [0.25, 0.3) is 5.91 Å². The van der Waals surface area contributed by atoms with Crippen molar-refractivity contribution in [2.24, 2.45) is 0 Å². The molecule has 0 bridgehead atoms. The van der Waals surface area contributed by atoms with Crippen molar-refractivity contribution in [2.75, 3.05) is 33.9 Å². The monoisotopic (exact) mass is 229 g/mol. The van der Waals surface area contributed by atoms with Gasteiger partial charge in [0.15, 0.2) is 0 Å². The van der Waals surface area contributed by atoms with Crippen molar-refractivity contribution >= 4 is 11.9 Å². The molecule has 0 aromatic heterocycles. The van der Waals surface area contributed by atoms with Crippen LogP contribution in [0.15, 0.2) is 12.0 Å². The van der Waals surface area contributed by atoms with E-state index in [1.54, 1.807) is 7.05 Å². The molecule has 90 valence electrons. The van der Waals surface area contributed by atoms with Crippen LogP contribution in [-0.4, -0.2) is 50.7 Å². The Bertz CT molecular complexity index is 300. The minimum atomic E-state index is -0.352. The molecule has 0 aliphatic carbocycles. The molecule has 0 aromatic carbocycles. The third-order valence-corrected chi connectivity index (χ3v) is 2.09. The summed E-state index contributed by atoms with van der Waals surface area (Å²) in [4.78, 5) is 24.0. The summed E-state index contributed by atoms with van der Waals surface area (Å²) in [6, 6.07) is 0. The zero-order valence-electron chi connectivity index (χ0n) is 9.39. The first-order valence-electron chi connectivity index (χ1n) is 4.92. The SMILES string of the molecule is COC(=O)CCN(C)C(=O)C1=COCCO1. The number of rotatable bonds is 4. The Labute approximate surface area is 93.8 Å². The molecule has 0 spiro atoms. The minimum absolute atomic E-state index is 0.160. The molecule has 0 N–H and O–H groups in total. The molecule has 1 amide bonds. The average molecular weight is 229 g/mol. The number of amides is 1. The van der Waals surface area contributed by atoms with E-state index in [1.807, 2.05) is 0 Å². The summed E-state index contributed by atoms with van der Waals surface area (Å²) in [5.74, 6) is -0.489. The first-order valence-corrected chi connectivity index (χ1v) is 4.92. The number of ether oxygens (including phenoxy) is 3. The maximum atomic E-state index is 11.7. The maximum absolute atomic E-state index is 11.7. The highest BCUT2D eigenvalue weighted by atomic mass is 16.6. The number of hydrogen-bond donors (Lipinski definition) is 0. The third kappa shape index (κ3) is 3.45. The van der Waals surface area contributed by atoms with Crippen LogP contribution >= 0.6 is 0 Å². The van der Waals surface area contributed by atoms with E-state index >= 15 is 0 Å². The second-order valence-electron chi connectivity index (χ2n) is 3.25. The normalized spacial score (nSPS) is 14.2. The number of methoxy groups -OCH3 is 1. The highest BCUT2D eigenvalue weighted by molar-refractivity contribution is 5.91. The van der Waals surface area contributed by atoms with Crippen LogP contribution < -0.4 is 0 Å². The van der Waals surface area contributed by atoms with Gasteiger partial charge in [-0.15, -0.1) is 0 Å². The smallest absolute Gasteiger partial charge is 0.307 e. The Kier molecular flexibility index (Phi) is 4.63. The molecular weight excluding hydrogens is 214 g/mol. The largest absolute Gasteiger partial charge is 0.494 e. The van der Waals surface area contributed by atoms with Crippen LogP contribution in [0, 0.1) is 0 Å². The lowest BCUT2D eigenvalue weighted by molar-refractivity contribution is -0.141. The van der Waals surface area contributed by atoms with Crippen LogP contribution in [-0.2, 0) is 23.8 Å². The summed E-state index contributed by atoms with van der Waals surface area (Å²) in [6.45, 7) is 1.09. The fourth-order valence-corrected chi connectivity index (χ4v) is 1.13. The van der Waals surface area contributed by atoms with Crippen molar-refractivity contribution in [1.29, 1.82) is 0 Å². The van der Waals surface area contributed by atoms with Crippen molar-refractivity contribution in [1.82, 2.24) is 4.90 Å². The molecule has 1 aliphatic heterocycles. The van der Waals surface area contributed by atoms with E-state index < -0.39 is 0 Å². The lowest BCUT2D eigenvalue weighted by atomic mass is 10.3. The second kappa shape index (κ2) is 5.99. The molecule has 0 atom stereocenters. The Morgan fingerprint density at radius 3 is 2.81 bits per heavy atom. The molecule has 0 unspecified atom stereocenters. The summed E-state index contributed by atoms with van der Waals surface area (Å²) in [5.41, 5.74) is 0. The van der Waals surface area contributed by atoms with Crippen LogP contribution in [0.2, 0.25) is 0 Å². The van der Waals surface area contributed by atoms with Crippen molar-refractivity contribution in [3.05, 3.63) is 12.0 Å². The van der Waals surface area contributed by atoms with E-state index in [1.165, 1.54) is 18.3 Å². The molecule has 1 aliphatic rings. The molecule has 1 rings (SSSR count). The fourth-order valence-electron chi connectivity index (χ4n) is 1.13. The number of carbonyl (C=O) groups is 2. The Hall–Kier alpha value is -1.72. The van der Waals surface area contributed by atoms with Crippen molar-refractivity contribution < 1.29 is 23.8 Å². The third-order valence-electron chi connectivity index (χ3n) is 2.09. The molecular formula is C10H15NO5. The van der Waals surface area contributed by atoms with Gasteiger partial charge in [0.05, 0.1) is 13.5 Å². The van der Waals surface area contributed by atoms with Gasteiger partial charge in [0.1, 0.15) is 19.5 Å². The molecule has 6 heteroatoms. The van der Waals surface area contributed by atoms with E-state index in [0.717, 1.165) is 0 Å². The predicted octanol–water partition coefficient (Wildman–Crippen LogP) is -0.104. The molecule has 0 radical (unpaired) electrons. The summed E-state index contributed by atoms with van der Waals surface area (Å²) in [6.07, 6.45) is 1.45. The number of likely N-dealkylation sites (N-methyl/N-ethyl adjacent to an activating group) is 1. The van der Waals surface area contributed by atoms with E-state index in [-0.39, 0.29) is 30.6 Å². The van der Waals surface area contributed by atoms with Gasteiger partial charge in [-0.2, -0.15) is 0 Å². The van der Waals surface area contributed by atoms with Gasteiger partial charge < -0.3 is 19.1 Å². The summed E-state index contributed by atoms with van der Waals surface area (Å²) < 4.78 is 14.6. The molecule has 6 nitrogen and oxygen atoms in total. The molecule has 1 heterocycles. The summed E-state index contributed by atoms with van der Waals surface area (Å²) in [5, 5.41) is 0. The van der Waals surface area contributed by atoms with Crippen molar-refractivity contribution in [3.63, 3.8) is 0 Å². The zero-order valence-corrected chi connectivity index (χ0v) is 9.39. The maximum Gasteiger partial charge on any atom is 0.307 e. The van der Waals surface area contributed by atoms with Crippen LogP contribution in [0.3, 0.4) is 0 Å². The lowest BCUT2D eigenvalue weighted by Crippen LogP contribution is -2.32. The highest BCUT2D eigenvalue weighted by Gasteiger charge is 2.19. The van der Waals surface area contributed by atoms with Crippen LogP contribution in [0.5, 0.6) is 0 Å². The number of carbonyl (C=O) groups excluding carboxylic acids is 2. The minimum Gasteiger partial charge on any atom is -0.494 e. The fraction of sp³-hybridized carbons (Fsp3) is 0.600. The second-order valence-corrected chi connectivity index (χ2v) is 3.25.